The molecular weight excluding hydrogens is 246 g/mol. The molecule has 0 amide bonds. The van der Waals surface area contributed by atoms with Crippen LogP contribution in [0.1, 0.15) is 89.9 Å². The Hall–Kier alpha value is -0.0800. The fraction of sp³-hybridized carbons (Fsp3) is 1.00. The molecule has 2 nitrogen and oxygen atoms in total. The molecule has 0 aromatic heterocycles. The second-order valence-corrected chi connectivity index (χ2v) is 6.51. The van der Waals surface area contributed by atoms with E-state index in [9.17, 15) is 0 Å². The highest BCUT2D eigenvalue weighted by molar-refractivity contribution is 4.61. The van der Waals surface area contributed by atoms with Crippen LogP contribution in [0.2, 0.25) is 0 Å². The van der Waals surface area contributed by atoms with E-state index < -0.39 is 0 Å². The fourth-order valence-corrected chi connectivity index (χ4v) is 3.22. The SMILES string of the molecule is OCCCCCCN1CCCCCCCCCCCC1. The minimum absolute atomic E-state index is 0.365. The maximum atomic E-state index is 8.80. The van der Waals surface area contributed by atoms with Gasteiger partial charge in [0.1, 0.15) is 0 Å². The normalized spacial score (nSPS) is 20.9. The molecule has 0 radical (unpaired) electrons. The van der Waals surface area contributed by atoms with E-state index in [1.54, 1.807) is 0 Å². The maximum absolute atomic E-state index is 8.80. The number of aliphatic hydroxyl groups is 1. The number of hydrogen-bond donors (Lipinski definition) is 1. The van der Waals surface area contributed by atoms with E-state index in [0.717, 1.165) is 6.42 Å². The van der Waals surface area contributed by atoms with Crippen molar-refractivity contribution in [3.05, 3.63) is 0 Å². The van der Waals surface area contributed by atoms with E-state index in [4.69, 9.17) is 5.11 Å². The van der Waals surface area contributed by atoms with Crippen LogP contribution < -0.4 is 0 Å². The molecule has 0 spiro atoms. The van der Waals surface area contributed by atoms with Crippen LogP contribution in [0.15, 0.2) is 0 Å². The lowest BCUT2D eigenvalue weighted by Crippen LogP contribution is -2.27. The minimum Gasteiger partial charge on any atom is -0.396 e. The summed E-state index contributed by atoms with van der Waals surface area (Å²) < 4.78 is 0. The molecule has 1 saturated heterocycles. The highest BCUT2D eigenvalue weighted by Crippen LogP contribution is 2.13. The number of rotatable bonds is 6. The highest BCUT2D eigenvalue weighted by atomic mass is 16.2. The quantitative estimate of drug-likeness (QED) is 0.711. The predicted molar refractivity (Wildman–Crippen MR) is 88.2 cm³/mol. The molecule has 1 N–H and O–H groups in total. The molecule has 1 heterocycles. The molecule has 0 aliphatic carbocycles. The molecule has 0 bridgehead atoms. The van der Waals surface area contributed by atoms with Gasteiger partial charge in [-0.25, -0.2) is 0 Å². The fourth-order valence-electron chi connectivity index (χ4n) is 3.22. The number of unbranched alkanes of at least 4 members (excludes halogenated alkanes) is 3. The van der Waals surface area contributed by atoms with E-state index in [-0.39, 0.29) is 0 Å². The molecule has 0 atom stereocenters. The number of nitrogens with zero attached hydrogens (tertiary/aromatic N) is 1. The van der Waals surface area contributed by atoms with Crippen LogP contribution in [0, 0.1) is 0 Å². The van der Waals surface area contributed by atoms with E-state index in [0.29, 0.717) is 6.61 Å². The zero-order chi connectivity index (χ0) is 14.3. The van der Waals surface area contributed by atoms with Crippen molar-refractivity contribution in [2.75, 3.05) is 26.2 Å². The number of aliphatic hydroxyl groups excluding tert-OH is 1. The topological polar surface area (TPSA) is 23.5 Å². The molecule has 1 aliphatic rings. The van der Waals surface area contributed by atoms with Crippen molar-refractivity contribution < 1.29 is 5.11 Å². The van der Waals surface area contributed by atoms with Crippen LogP contribution in [0.25, 0.3) is 0 Å². The summed E-state index contributed by atoms with van der Waals surface area (Å²) in [5.74, 6) is 0. The zero-order valence-electron chi connectivity index (χ0n) is 13.6. The third kappa shape index (κ3) is 10.7. The molecular formula is C18H37NO. The largest absolute Gasteiger partial charge is 0.396 e. The Kier molecular flexibility index (Phi) is 12.5. The monoisotopic (exact) mass is 283 g/mol. The lowest BCUT2D eigenvalue weighted by Gasteiger charge is -2.22. The van der Waals surface area contributed by atoms with Crippen LogP contribution in [0.3, 0.4) is 0 Å². The summed E-state index contributed by atoms with van der Waals surface area (Å²) in [6.07, 6.45) is 19.2. The summed E-state index contributed by atoms with van der Waals surface area (Å²) in [6.45, 7) is 4.29. The van der Waals surface area contributed by atoms with Crippen molar-refractivity contribution in [1.29, 1.82) is 0 Å². The van der Waals surface area contributed by atoms with Crippen LogP contribution in [-0.2, 0) is 0 Å². The third-order valence-electron chi connectivity index (χ3n) is 4.58. The smallest absolute Gasteiger partial charge is 0.0431 e. The van der Waals surface area contributed by atoms with E-state index in [2.05, 4.69) is 4.90 Å². The summed E-state index contributed by atoms with van der Waals surface area (Å²) in [5, 5.41) is 8.80. The van der Waals surface area contributed by atoms with Gasteiger partial charge in [-0.05, 0) is 45.3 Å². The van der Waals surface area contributed by atoms with Gasteiger partial charge >= 0.3 is 0 Å². The molecule has 120 valence electrons. The van der Waals surface area contributed by atoms with Crippen LogP contribution in [-0.4, -0.2) is 36.2 Å². The zero-order valence-corrected chi connectivity index (χ0v) is 13.6. The lowest BCUT2D eigenvalue weighted by atomic mass is 10.1. The van der Waals surface area contributed by atoms with E-state index in [1.807, 2.05) is 0 Å². The van der Waals surface area contributed by atoms with Crippen molar-refractivity contribution in [2.45, 2.75) is 89.9 Å². The summed E-state index contributed by atoms with van der Waals surface area (Å²) in [7, 11) is 0. The van der Waals surface area contributed by atoms with Crippen molar-refractivity contribution in [3.8, 4) is 0 Å². The maximum Gasteiger partial charge on any atom is 0.0431 e. The summed E-state index contributed by atoms with van der Waals surface area (Å²) in [4.78, 5) is 2.71. The molecule has 0 aromatic rings. The van der Waals surface area contributed by atoms with Gasteiger partial charge in [-0.1, -0.05) is 64.2 Å². The molecule has 1 rings (SSSR count). The van der Waals surface area contributed by atoms with Crippen LogP contribution in [0.5, 0.6) is 0 Å². The average Bonchev–Trinajstić information content (AvgIpc) is 2.49. The van der Waals surface area contributed by atoms with Crippen LogP contribution in [0.4, 0.5) is 0 Å². The standard InChI is InChI=1S/C18H37NO/c20-18-14-10-9-13-17-19-15-11-7-5-3-1-2-4-6-8-12-16-19/h20H,1-18H2. The van der Waals surface area contributed by atoms with E-state index >= 15 is 0 Å². The Morgan fingerprint density at radius 2 is 1.00 bits per heavy atom. The van der Waals surface area contributed by atoms with Gasteiger partial charge in [-0.2, -0.15) is 0 Å². The van der Waals surface area contributed by atoms with Gasteiger partial charge in [0, 0.05) is 6.61 Å². The second-order valence-electron chi connectivity index (χ2n) is 6.51. The van der Waals surface area contributed by atoms with Crippen molar-refractivity contribution in [1.82, 2.24) is 4.90 Å². The molecule has 1 aliphatic heterocycles. The average molecular weight is 283 g/mol. The molecule has 0 unspecified atom stereocenters. The molecule has 1 fully saturated rings. The minimum atomic E-state index is 0.365. The van der Waals surface area contributed by atoms with E-state index in [1.165, 1.54) is 103 Å². The Bertz CT molecular complexity index is 182. The van der Waals surface area contributed by atoms with Crippen LogP contribution >= 0.6 is 0 Å². The predicted octanol–water partition coefficient (Wildman–Crippen LogP) is 4.76. The van der Waals surface area contributed by atoms with Gasteiger partial charge in [-0.3, -0.25) is 0 Å². The first-order chi connectivity index (χ1) is 9.93. The molecule has 2 heteroatoms. The summed E-state index contributed by atoms with van der Waals surface area (Å²) in [5.41, 5.74) is 0. The third-order valence-corrected chi connectivity index (χ3v) is 4.58. The summed E-state index contributed by atoms with van der Waals surface area (Å²) in [6, 6.07) is 0. The van der Waals surface area contributed by atoms with Gasteiger partial charge in [-0.15, -0.1) is 0 Å². The lowest BCUT2D eigenvalue weighted by molar-refractivity contribution is 0.250. The molecule has 0 saturated carbocycles. The highest BCUT2D eigenvalue weighted by Gasteiger charge is 2.05. The Morgan fingerprint density at radius 1 is 0.550 bits per heavy atom. The Balaban J connectivity index is 2.14. The van der Waals surface area contributed by atoms with Gasteiger partial charge in [0.2, 0.25) is 0 Å². The first-order valence-corrected chi connectivity index (χ1v) is 9.26. The van der Waals surface area contributed by atoms with Gasteiger partial charge in [0.15, 0.2) is 0 Å². The van der Waals surface area contributed by atoms with Crippen molar-refractivity contribution in [3.63, 3.8) is 0 Å². The van der Waals surface area contributed by atoms with Gasteiger partial charge in [0.25, 0.3) is 0 Å². The second kappa shape index (κ2) is 13.9. The van der Waals surface area contributed by atoms with Crippen molar-refractivity contribution >= 4 is 0 Å². The molecule has 0 aromatic carbocycles. The first-order valence-electron chi connectivity index (χ1n) is 9.26. The van der Waals surface area contributed by atoms with Gasteiger partial charge < -0.3 is 10.0 Å². The Labute approximate surface area is 126 Å². The first kappa shape index (κ1) is 18.0. The summed E-state index contributed by atoms with van der Waals surface area (Å²) >= 11 is 0. The Morgan fingerprint density at radius 3 is 1.50 bits per heavy atom. The van der Waals surface area contributed by atoms with Gasteiger partial charge in [0.05, 0.1) is 0 Å². The molecule has 20 heavy (non-hydrogen) atoms. The van der Waals surface area contributed by atoms with Crippen molar-refractivity contribution in [2.24, 2.45) is 0 Å². The number of hydrogen-bond acceptors (Lipinski definition) is 2.